The van der Waals surface area contributed by atoms with Crippen LogP contribution in [0.3, 0.4) is 0 Å². The van der Waals surface area contributed by atoms with Crippen LogP contribution in [-0.2, 0) is 11.2 Å². The molecule has 2 atom stereocenters. The van der Waals surface area contributed by atoms with Crippen molar-refractivity contribution in [1.82, 2.24) is 34.0 Å². The van der Waals surface area contributed by atoms with Crippen molar-refractivity contribution in [3.05, 3.63) is 87.4 Å². The number of benzene rings is 2. The first-order valence-electron chi connectivity index (χ1n) is 13.6. The molecule has 0 amide bonds. The minimum atomic E-state index is -0.491. The van der Waals surface area contributed by atoms with E-state index in [0.717, 1.165) is 29.6 Å². The number of aryl methyl sites for hydroxylation is 2. The third-order valence-electron chi connectivity index (χ3n) is 8.32. The Hall–Kier alpha value is -4.09. The summed E-state index contributed by atoms with van der Waals surface area (Å²) < 4.78 is 42.6. The third kappa shape index (κ3) is 3.40. The molecule has 0 unspecified atom stereocenters. The largest absolute Gasteiger partial charge is 0.378 e. The Kier molecular flexibility index (Phi) is 5.02. The van der Waals surface area contributed by atoms with Crippen LogP contribution in [0.25, 0.3) is 28.1 Å². The van der Waals surface area contributed by atoms with Crippen molar-refractivity contribution < 1.29 is 13.5 Å². The topological polar surface area (TPSA) is 83.8 Å². The van der Waals surface area contributed by atoms with Gasteiger partial charge in [0.15, 0.2) is 5.82 Å². The molecule has 1 aliphatic carbocycles. The van der Waals surface area contributed by atoms with E-state index < -0.39 is 11.5 Å². The fourth-order valence-electron chi connectivity index (χ4n) is 6.25. The lowest BCUT2D eigenvalue weighted by Gasteiger charge is -2.35. The van der Waals surface area contributed by atoms with Crippen LogP contribution < -0.4 is 11.0 Å². The molecule has 2 bridgehead atoms. The molecule has 204 valence electrons. The molecule has 1 N–H and O–H groups in total. The van der Waals surface area contributed by atoms with E-state index in [0.29, 0.717) is 53.7 Å². The molecule has 2 aliphatic heterocycles. The number of imidazole rings is 1. The van der Waals surface area contributed by atoms with Gasteiger partial charge in [-0.25, -0.2) is 18.3 Å². The Morgan fingerprint density at radius 2 is 1.80 bits per heavy atom. The first-order chi connectivity index (χ1) is 19.4. The predicted octanol–water partition coefficient (Wildman–Crippen LogP) is 3.98. The lowest BCUT2D eigenvalue weighted by atomic mass is 9.94. The van der Waals surface area contributed by atoms with Crippen molar-refractivity contribution in [2.24, 2.45) is 0 Å². The van der Waals surface area contributed by atoms with Crippen molar-refractivity contribution in [3.63, 3.8) is 0 Å². The number of halogens is 2. The molecule has 0 spiro atoms. The second-order valence-corrected chi connectivity index (χ2v) is 11.1. The SMILES string of the molecule is Cc1cc(-n2nc3c(c2-n2ccn(-c4ccc5c(cnn5C5CC5)c4F)c2=O)[C@@H]2COC[C@H](C3)N2)cc(C)c1F. The molecule has 11 heteroatoms. The van der Waals surface area contributed by atoms with Gasteiger partial charge in [-0.3, -0.25) is 13.8 Å². The van der Waals surface area contributed by atoms with E-state index in [4.69, 9.17) is 9.84 Å². The van der Waals surface area contributed by atoms with Crippen LogP contribution in [0.1, 0.15) is 47.3 Å². The zero-order valence-electron chi connectivity index (χ0n) is 22.1. The summed E-state index contributed by atoms with van der Waals surface area (Å²) in [4.78, 5) is 14.0. The first kappa shape index (κ1) is 23.8. The lowest BCUT2D eigenvalue weighted by Crippen LogP contribution is -2.48. The molecule has 5 aromatic rings. The molecular formula is C29H27F2N7O2. The summed E-state index contributed by atoms with van der Waals surface area (Å²) >= 11 is 0. The zero-order chi connectivity index (χ0) is 27.3. The molecule has 3 aliphatic rings. The second-order valence-electron chi connectivity index (χ2n) is 11.1. The summed E-state index contributed by atoms with van der Waals surface area (Å²) in [5, 5.41) is 13.3. The third-order valence-corrected chi connectivity index (χ3v) is 8.32. The molecule has 0 radical (unpaired) electrons. The molecule has 9 nitrogen and oxygen atoms in total. The van der Waals surface area contributed by atoms with Gasteiger partial charge in [0.25, 0.3) is 0 Å². The molecule has 1 saturated heterocycles. The van der Waals surface area contributed by atoms with Crippen LogP contribution in [-0.4, -0.2) is 48.0 Å². The second kappa shape index (κ2) is 8.45. The monoisotopic (exact) mass is 543 g/mol. The fourth-order valence-corrected chi connectivity index (χ4v) is 6.25. The van der Waals surface area contributed by atoms with Crippen molar-refractivity contribution in [2.75, 3.05) is 13.2 Å². The van der Waals surface area contributed by atoms with Gasteiger partial charge in [-0.05, 0) is 62.1 Å². The van der Waals surface area contributed by atoms with Crippen molar-refractivity contribution >= 4 is 10.9 Å². The van der Waals surface area contributed by atoms with Gasteiger partial charge in [0.05, 0.1) is 59.5 Å². The highest BCUT2D eigenvalue weighted by Gasteiger charge is 2.37. The van der Waals surface area contributed by atoms with E-state index in [9.17, 15) is 9.18 Å². The van der Waals surface area contributed by atoms with Crippen molar-refractivity contribution in [1.29, 1.82) is 0 Å². The normalized spacial score (nSPS) is 20.3. The van der Waals surface area contributed by atoms with Gasteiger partial charge in [-0.2, -0.15) is 10.2 Å². The first-order valence-corrected chi connectivity index (χ1v) is 13.6. The highest BCUT2D eigenvalue weighted by atomic mass is 19.1. The number of morpholine rings is 1. The molecule has 1 saturated carbocycles. The van der Waals surface area contributed by atoms with Crippen LogP contribution in [0.15, 0.2) is 47.7 Å². The predicted molar refractivity (Wildman–Crippen MR) is 144 cm³/mol. The summed E-state index contributed by atoms with van der Waals surface area (Å²) in [6.07, 6.45) is 7.44. The summed E-state index contributed by atoms with van der Waals surface area (Å²) in [5.74, 6) is -0.226. The maximum Gasteiger partial charge on any atom is 0.338 e. The number of aromatic nitrogens is 6. The smallest absolute Gasteiger partial charge is 0.338 e. The van der Waals surface area contributed by atoms with Crippen LogP contribution in [0.5, 0.6) is 0 Å². The average molecular weight is 544 g/mol. The number of rotatable bonds is 4. The highest BCUT2D eigenvalue weighted by Crippen LogP contribution is 2.38. The summed E-state index contributed by atoms with van der Waals surface area (Å²) in [5.41, 5.74) is 3.79. The summed E-state index contributed by atoms with van der Waals surface area (Å²) in [7, 11) is 0. The molecular weight excluding hydrogens is 516 g/mol. The minimum absolute atomic E-state index is 0.123. The zero-order valence-corrected chi connectivity index (χ0v) is 22.1. The van der Waals surface area contributed by atoms with E-state index in [2.05, 4.69) is 10.4 Å². The van der Waals surface area contributed by atoms with Gasteiger partial charge in [-0.15, -0.1) is 0 Å². The number of hydrogen-bond donors (Lipinski definition) is 1. The lowest BCUT2D eigenvalue weighted by molar-refractivity contribution is 0.0384. The Morgan fingerprint density at radius 3 is 2.58 bits per heavy atom. The Morgan fingerprint density at radius 1 is 1.02 bits per heavy atom. The van der Waals surface area contributed by atoms with Gasteiger partial charge < -0.3 is 10.1 Å². The van der Waals surface area contributed by atoms with Gasteiger partial charge in [-0.1, -0.05) is 0 Å². The van der Waals surface area contributed by atoms with E-state index in [1.165, 1.54) is 15.3 Å². The van der Waals surface area contributed by atoms with Crippen LogP contribution in [0.2, 0.25) is 0 Å². The van der Waals surface area contributed by atoms with E-state index in [-0.39, 0.29) is 23.6 Å². The molecule has 40 heavy (non-hydrogen) atoms. The fraction of sp³-hybridized carbons (Fsp3) is 0.345. The number of hydrogen-bond acceptors (Lipinski definition) is 5. The van der Waals surface area contributed by atoms with E-state index >= 15 is 4.39 Å². The molecule has 2 fully saturated rings. The Bertz CT molecular complexity index is 1870. The van der Waals surface area contributed by atoms with E-state index in [1.54, 1.807) is 49.1 Å². The number of nitrogens with zero attached hydrogens (tertiary/aromatic N) is 6. The maximum absolute atomic E-state index is 15.8. The molecule has 3 aromatic heterocycles. The molecule has 2 aromatic carbocycles. The van der Waals surface area contributed by atoms with E-state index in [1.807, 2.05) is 10.7 Å². The van der Waals surface area contributed by atoms with Crippen LogP contribution in [0, 0.1) is 25.5 Å². The van der Waals surface area contributed by atoms with Crippen LogP contribution in [0.4, 0.5) is 8.78 Å². The Labute approximate surface area is 227 Å². The summed E-state index contributed by atoms with van der Waals surface area (Å²) in [6.45, 7) is 4.45. The Balaban J connectivity index is 1.32. The van der Waals surface area contributed by atoms with Gasteiger partial charge in [0.1, 0.15) is 11.6 Å². The molecule has 8 rings (SSSR count). The van der Waals surface area contributed by atoms with Crippen molar-refractivity contribution in [2.45, 2.75) is 51.2 Å². The highest BCUT2D eigenvalue weighted by molar-refractivity contribution is 5.82. The average Bonchev–Trinajstić information content (AvgIpc) is 3.41. The van der Waals surface area contributed by atoms with Crippen LogP contribution >= 0.6 is 0 Å². The maximum atomic E-state index is 15.8. The quantitative estimate of drug-likeness (QED) is 0.371. The number of ether oxygens (including phenoxy) is 1. The van der Waals surface area contributed by atoms with Gasteiger partial charge in [0, 0.05) is 30.4 Å². The summed E-state index contributed by atoms with van der Waals surface area (Å²) in [6, 6.07) is 7.19. The standard InChI is InChI=1S/C29H27F2N7O2/c1-15-9-19(10-16(2)26(15)30)38-28(25-21(34-38)11-17-13-40-14-22(25)33-17)36-8-7-35(29(36)39)24-6-5-23-20(27(24)31)12-32-37(23)18-3-4-18/h5-10,12,17-18,22,33H,3-4,11,13-14H2,1-2H3/t17-,22-/m0/s1. The van der Waals surface area contributed by atoms with Gasteiger partial charge >= 0.3 is 5.69 Å². The van der Waals surface area contributed by atoms with Crippen molar-refractivity contribution in [3.8, 4) is 17.2 Å². The number of fused-ring (bicyclic) bond motifs is 5. The number of nitrogens with one attached hydrogen (secondary N) is 1. The van der Waals surface area contributed by atoms with Gasteiger partial charge in [0.2, 0.25) is 0 Å². The minimum Gasteiger partial charge on any atom is -0.378 e. The molecule has 5 heterocycles.